The summed E-state index contributed by atoms with van der Waals surface area (Å²) < 4.78 is 0. The van der Waals surface area contributed by atoms with Crippen molar-refractivity contribution in [2.45, 2.75) is 31.7 Å². The molecule has 1 atom stereocenters. The molecule has 1 aliphatic rings. The molecule has 0 spiro atoms. The van der Waals surface area contributed by atoms with E-state index in [1.165, 1.54) is 4.90 Å². The van der Waals surface area contributed by atoms with E-state index in [1.54, 1.807) is 0 Å². The molecule has 5 nitrogen and oxygen atoms in total. The van der Waals surface area contributed by atoms with Crippen LogP contribution in [0.5, 0.6) is 0 Å². The molecule has 0 aliphatic carbocycles. The SMILES string of the molecule is O=C(CCCBr)NC1CCCN(C(=O)O)C1. The van der Waals surface area contributed by atoms with Gasteiger partial charge in [-0.05, 0) is 19.3 Å². The fourth-order valence-electron chi connectivity index (χ4n) is 1.80. The molecular weight excluding hydrogens is 276 g/mol. The van der Waals surface area contributed by atoms with Gasteiger partial charge in [-0.2, -0.15) is 0 Å². The second kappa shape index (κ2) is 6.73. The molecule has 1 heterocycles. The maximum absolute atomic E-state index is 11.4. The largest absolute Gasteiger partial charge is 0.465 e. The Kier molecular flexibility index (Phi) is 5.59. The van der Waals surface area contributed by atoms with E-state index in [0.29, 0.717) is 19.5 Å². The number of hydrogen-bond donors (Lipinski definition) is 2. The Hall–Kier alpha value is -0.780. The third kappa shape index (κ3) is 4.38. The molecule has 0 aromatic rings. The summed E-state index contributed by atoms with van der Waals surface area (Å²) in [5, 5.41) is 12.5. The Morgan fingerprint density at radius 1 is 1.50 bits per heavy atom. The van der Waals surface area contributed by atoms with E-state index in [-0.39, 0.29) is 11.9 Å². The molecule has 0 radical (unpaired) electrons. The number of amides is 2. The maximum Gasteiger partial charge on any atom is 0.407 e. The summed E-state index contributed by atoms with van der Waals surface area (Å²) in [5.41, 5.74) is 0. The summed E-state index contributed by atoms with van der Waals surface area (Å²) in [7, 11) is 0. The van der Waals surface area contributed by atoms with Gasteiger partial charge in [0.25, 0.3) is 0 Å². The molecule has 0 aromatic heterocycles. The van der Waals surface area contributed by atoms with Gasteiger partial charge in [0.1, 0.15) is 0 Å². The molecule has 92 valence electrons. The first-order valence-electron chi connectivity index (χ1n) is 5.46. The van der Waals surface area contributed by atoms with E-state index in [4.69, 9.17) is 5.11 Å². The number of carbonyl (C=O) groups excluding carboxylic acids is 1. The summed E-state index contributed by atoms with van der Waals surface area (Å²) >= 11 is 3.27. The van der Waals surface area contributed by atoms with Gasteiger partial charge in [0.15, 0.2) is 0 Å². The van der Waals surface area contributed by atoms with Crippen LogP contribution in [-0.2, 0) is 4.79 Å². The van der Waals surface area contributed by atoms with Gasteiger partial charge in [-0.15, -0.1) is 0 Å². The number of rotatable bonds is 4. The summed E-state index contributed by atoms with van der Waals surface area (Å²) in [5.74, 6) is 0.0108. The van der Waals surface area contributed by atoms with Gasteiger partial charge in [0.05, 0.1) is 0 Å². The highest BCUT2D eigenvalue weighted by Crippen LogP contribution is 2.10. The number of likely N-dealkylation sites (tertiary alicyclic amines) is 1. The van der Waals surface area contributed by atoms with Crippen molar-refractivity contribution in [1.29, 1.82) is 0 Å². The van der Waals surface area contributed by atoms with Crippen LogP contribution in [0.3, 0.4) is 0 Å². The average molecular weight is 293 g/mol. The van der Waals surface area contributed by atoms with Crippen molar-refractivity contribution in [3.05, 3.63) is 0 Å². The van der Waals surface area contributed by atoms with Gasteiger partial charge in [0, 0.05) is 30.9 Å². The number of piperidine rings is 1. The van der Waals surface area contributed by atoms with Crippen LogP contribution >= 0.6 is 15.9 Å². The first kappa shape index (κ1) is 13.3. The van der Waals surface area contributed by atoms with Gasteiger partial charge < -0.3 is 15.3 Å². The normalized spacial score (nSPS) is 20.6. The highest BCUT2D eigenvalue weighted by atomic mass is 79.9. The standard InChI is InChI=1S/C10H17BrN2O3/c11-5-1-4-9(14)12-8-3-2-6-13(7-8)10(15)16/h8H,1-7H2,(H,12,14)(H,15,16). The number of carbonyl (C=O) groups is 2. The number of carboxylic acid groups (broad SMARTS) is 1. The van der Waals surface area contributed by atoms with Crippen LogP contribution < -0.4 is 5.32 Å². The van der Waals surface area contributed by atoms with Crippen molar-refractivity contribution in [3.8, 4) is 0 Å². The van der Waals surface area contributed by atoms with Crippen molar-refractivity contribution in [1.82, 2.24) is 10.2 Å². The lowest BCUT2D eigenvalue weighted by molar-refractivity contribution is -0.122. The van der Waals surface area contributed by atoms with E-state index < -0.39 is 6.09 Å². The zero-order chi connectivity index (χ0) is 12.0. The number of nitrogens with one attached hydrogen (secondary N) is 1. The van der Waals surface area contributed by atoms with Crippen LogP contribution in [0.15, 0.2) is 0 Å². The zero-order valence-electron chi connectivity index (χ0n) is 9.12. The molecule has 0 saturated carbocycles. The maximum atomic E-state index is 11.4. The fourth-order valence-corrected chi connectivity index (χ4v) is 2.08. The lowest BCUT2D eigenvalue weighted by atomic mass is 10.1. The van der Waals surface area contributed by atoms with Crippen molar-refractivity contribution in [2.75, 3.05) is 18.4 Å². The predicted octanol–water partition coefficient (Wildman–Crippen LogP) is 1.42. The number of halogens is 1. The first-order chi connectivity index (χ1) is 7.63. The number of hydrogen-bond acceptors (Lipinski definition) is 2. The van der Waals surface area contributed by atoms with Gasteiger partial charge in [-0.3, -0.25) is 4.79 Å². The lowest BCUT2D eigenvalue weighted by Crippen LogP contribution is -2.49. The topological polar surface area (TPSA) is 69.6 Å². The van der Waals surface area contributed by atoms with Crippen LogP contribution in [0.1, 0.15) is 25.7 Å². The molecule has 2 N–H and O–H groups in total. The van der Waals surface area contributed by atoms with Crippen LogP contribution in [0.4, 0.5) is 4.79 Å². The summed E-state index contributed by atoms with van der Waals surface area (Å²) in [6.45, 7) is 0.985. The minimum atomic E-state index is -0.903. The molecular formula is C10H17BrN2O3. The Morgan fingerprint density at radius 3 is 2.88 bits per heavy atom. The Morgan fingerprint density at radius 2 is 2.25 bits per heavy atom. The quantitative estimate of drug-likeness (QED) is 0.770. The Labute approximate surface area is 103 Å². The van der Waals surface area contributed by atoms with Crippen LogP contribution in [0.25, 0.3) is 0 Å². The van der Waals surface area contributed by atoms with Crippen molar-refractivity contribution >= 4 is 27.9 Å². The van der Waals surface area contributed by atoms with E-state index in [0.717, 1.165) is 24.6 Å². The average Bonchev–Trinajstić information content (AvgIpc) is 2.26. The van der Waals surface area contributed by atoms with Gasteiger partial charge in [-0.25, -0.2) is 4.79 Å². The molecule has 1 saturated heterocycles. The minimum Gasteiger partial charge on any atom is -0.465 e. The molecule has 16 heavy (non-hydrogen) atoms. The molecule has 0 aromatic carbocycles. The third-order valence-electron chi connectivity index (χ3n) is 2.59. The van der Waals surface area contributed by atoms with Crippen molar-refractivity contribution in [3.63, 3.8) is 0 Å². The molecule has 1 fully saturated rings. The van der Waals surface area contributed by atoms with Crippen LogP contribution in [0, 0.1) is 0 Å². The summed E-state index contributed by atoms with van der Waals surface area (Å²) in [6, 6.07) is -0.0207. The smallest absolute Gasteiger partial charge is 0.407 e. The first-order valence-corrected chi connectivity index (χ1v) is 6.59. The molecule has 0 bridgehead atoms. The second-order valence-corrected chi connectivity index (χ2v) is 4.72. The Balaban J connectivity index is 2.31. The van der Waals surface area contributed by atoms with E-state index in [9.17, 15) is 9.59 Å². The second-order valence-electron chi connectivity index (χ2n) is 3.93. The van der Waals surface area contributed by atoms with Crippen molar-refractivity contribution in [2.24, 2.45) is 0 Å². The van der Waals surface area contributed by atoms with E-state index >= 15 is 0 Å². The highest BCUT2D eigenvalue weighted by Gasteiger charge is 2.23. The molecule has 1 rings (SSSR count). The van der Waals surface area contributed by atoms with Crippen LogP contribution in [0.2, 0.25) is 0 Å². The molecule has 1 unspecified atom stereocenters. The number of nitrogens with zero attached hydrogens (tertiary/aromatic N) is 1. The van der Waals surface area contributed by atoms with E-state index in [2.05, 4.69) is 21.2 Å². The van der Waals surface area contributed by atoms with E-state index in [1.807, 2.05) is 0 Å². The fraction of sp³-hybridized carbons (Fsp3) is 0.800. The lowest BCUT2D eigenvalue weighted by Gasteiger charge is -2.31. The highest BCUT2D eigenvalue weighted by molar-refractivity contribution is 9.09. The van der Waals surface area contributed by atoms with Gasteiger partial charge >= 0.3 is 6.09 Å². The van der Waals surface area contributed by atoms with Crippen LogP contribution in [-0.4, -0.2) is 46.5 Å². The molecule has 2 amide bonds. The van der Waals surface area contributed by atoms with Gasteiger partial charge in [-0.1, -0.05) is 15.9 Å². The third-order valence-corrected chi connectivity index (χ3v) is 3.16. The van der Waals surface area contributed by atoms with Gasteiger partial charge in [0.2, 0.25) is 5.91 Å². The van der Waals surface area contributed by atoms with Crippen molar-refractivity contribution < 1.29 is 14.7 Å². The molecule has 1 aliphatic heterocycles. The number of alkyl halides is 1. The molecule has 6 heteroatoms. The predicted molar refractivity (Wildman–Crippen MR) is 63.8 cm³/mol. The monoisotopic (exact) mass is 292 g/mol. The minimum absolute atomic E-state index is 0.0108. The Bertz CT molecular complexity index is 260. The zero-order valence-corrected chi connectivity index (χ0v) is 10.7. The summed E-state index contributed by atoms with van der Waals surface area (Å²) in [6.07, 6.45) is 2.08. The summed E-state index contributed by atoms with van der Waals surface area (Å²) in [4.78, 5) is 23.6.